The van der Waals surface area contributed by atoms with Crippen molar-refractivity contribution in [2.75, 3.05) is 25.2 Å². The standard InChI is InChI=1S/C12H14BrNO5S2/c1-19-10-3-2-8(13)6-11(10)21(17,18)14-4-5-20-7-9(14)12(15)16/h2-3,6,9H,4-5,7H2,1H3,(H,15,16). The first-order valence-electron chi connectivity index (χ1n) is 6.04. The lowest BCUT2D eigenvalue weighted by Crippen LogP contribution is -2.50. The second kappa shape index (κ2) is 6.55. The van der Waals surface area contributed by atoms with E-state index < -0.39 is 22.0 Å². The number of methoxy groups -OCH3 is 1. The van der Waals surface area contributed by atoms with E-state index in [9.17, 15) is 18.3 Å². The van der Waals surface area contributed by atoms with Gasteiger partial charge in [-0.15, -0.1) is 0 Å². The molecule has 1 aromatic carbocycles. The molecule has 1 fully saturated rings. The maximum absolute atomic E-state index is 12.8. The molecule has 1 atom stereocenters. The number of carboxylic acids is 1. The Labute approximate surface area is 135 Å². The highest BCUT2D eigenvalue weighted by molar-refractivity contribution is 9.10. The van der Waals surface area contributed by atoms with E-state index in [2.05, 4.69) is 15.9 Å². The average Bonchev–Trinajstić information content (AvgIpc) is 2.47. The Hall–Kier alpha value is -0.770. The zero-order valence-electron chi connectivity index (χ0n) is 11.2. The SMILES string of the molecule is COc1ccc(Br)cc1S(=O)(=O)N1CCSCC1C(=O)O. The molecule has 9 heteroatoms. The van der Waals surface area contributed by atoms with Gasteiger partial charge < -0.3 is 9.84 Å². The van der Waals surface area contributed by atoms with E-state index in [4.69, 9.17) is 4.74 Å². The third-order valence-corrected chi connectivity index (χ3v) is 6.52. The molecule has 116 valence electrons. The summed E-state index contributed by atoms with van der Waals surface area (Å²) in [6, 6.07) is 3.57. The van der Waals surface area contributed by atoms with Gasteiger partial charge in [0.25, 0.3) is 0 Å². The minimum atomic E-state index is -3.94. The zero-order chi connectivity index (χ0) is 15.6. The number of carbonyl (C=O) groups is 1. The Morgan fingerprint density at radius 3 is 2.86 bits per heavy atom. The van der Waals surface area contributed by atoms with Crippen LogP contribution in [0.4, 0.5) is 0 Å². The molecule has 0 aromatic heterocycles. The highest BCUT2D eigenvalue weighted by atomic mass is 79.9. The Morgan fingerprint density at radius 1 is 1.52 bits per heavy atom. The molecule has 21 heavy (non-hydrogen) atoms. The Balaban J connectivity index is 2.50. The summed E-state index contributed by atoms with van der Waals surface area (Å²) >= 11 is 4.66. The lowest BCUT2D eigenvalue weighted by Gasteiger charge is -2.31. The summed E-state index contributed by atoms with van der Waals surface area (Å²) < 4.78 is 32.3. The molecule has 1 aliphatic rings. The summed E-state index contributed by atoms with van der Waals surface area (Å²) in [5, 5.41) is 9.24. The lowest BCUT2D eigenvalue weighted by molar-refractivity contribution is -0.140. The molecule has 0 aliphatic carbocycles. The van der Waals surface area contributed by atoms with Crippen molar-refractivity contribution in [2.24, 2.45) is 0 Å². The predicted octanol–water partition coefficient (Wildman–Crippen LogP) is 1.65. The van der Waals surface area contributed by atoms with E-state index in [-0.39, 0.29) is 22.9 Å². The van der Waals surface area contributed by atoms with Crippen LogP contribution in [0.2, 0.25) is 0 Å². The predicted molar refractivity (Wildman–Crippen MR) is 83.3 cm³/mol. The van der Waals surface area contributed by atoms with Crippen molar-refractivity contribution < 1.29 is 23.1 Å². The number of halogens is 1. The quantitative estimate of drug-likeness (QED) is 0.833. The summed E-state index contributed by atoms with van der Waals surface area (Å²) in [6.07, 6.45) is 0. The fourth-order valence-electron chi connectivity index (χ4n) is 2.05. The van der Waals surface area contributed by atoms with Crippen LogP contribution in [0, 0.1) is 0 Å². The lowest BCUT2D eigenvalue weighted by atomic mass is 10.3. The molecule has 1 saturated heterocycles. The number of benzene rings is 1. The van der Waals surface area contributed by atoms with E-state index in [1.165, 1.54) is 31.0 Å². The maximum Gasteiger partial charge on any atom is 0.322 e. The third-order valence-electron chi connectivity index (χ3n) is 3.08. The molecule has 1 aromatic rings. The molecule has 0 bridgehead atoms. The number of thioether (sulfide) groups is 1. The number of nitrogens with zero attached hydrogens (tertiary/aromatic N) is 1. The van der Waals surface area contributed by atoms with Crippen LogP contribution in [-0.2, 0) is 14.8 Å². The van der Waals surface area contributed by atoms with Crippen LogP contribution in [0.5, 0.6) is 5.75 Å². The van der Waals surface area contributed by atoms with E-state index in [1.807, 2.05) is 0 Å². The van der Waals surface area contributed by atoms with Gasteiger partial charge in [0.2, 0.25) is 10.0 Å². The van der Waals surface area contributed by atoms with Crippen molar-refractivity contribution in [3.05, 3.63) is 22.7 Å². The van der Waals surface area contributed by atoms with Gasteiger partial charge in [0.15, 0.2) is 0 Å². The number of ether oxygens (including phenoxy) is 1. The molecule has 1 N–H and O–H groups in total. The smallest absolute Gasteiger partial charge is 0.322 e. The first-order valence-corrected chi connectivity index (χ1v) is 9.42. The summed E-state index contributed by atoms with van der Waals surface area (Å²) in [4.78, 5) is 11.3. The van der Waals surface area contributed by atoms with Gasteiger partial charge in [0, 0.05) is 22.5 Å². The topological polar surface area (TPSA) is 83.9 Å². The number of carboxylic acid groups (broad SMARTS) is 1. The Morgan fingerprint density at radius 2 is 2.24 bits per heavy atom. The van der Waals surface area contributed by atoms with Crippen LogP contribution in [0.1, 0.15) is 0 Å². The van der Waals surface area contributed by atoms with Gasteiger partial charge in [-0.25, -0.2) is 8.42 Å². The van der Waals surface area contributed by atoms with E-state index in [0.717, 1.165) is 4.31 Å². The molecule has 0 spiro atoms. The fraction of sp³-hybridized carbons (Fsp3) is 0.417. The minimum Gasteiger partial charge on any atom is -0.495 e. The Kier molecular flexibility index (Phi) is 5.18. The van der Waals surface area contributed by atoms with Crippen molar-refractivity contribution in [1.82, 2.24) is 4.31 Å². The van der Waals surface area contributed by atoms with Crippen LogP contribution in [0.3, 0.4) is 0 Å². The number of sulfonamides is 1. The third kappa shape index (κ3) is 3.36. The fourth-order valence-corrected chi connectivity index (χ4v) is 5.58. The largest absolute Gasteiger partial charge is 0.495 e. The number of rotatable bonds is 4. The van der Waals surface area contributed by atoms with Crippen LogP contribution < -0.4 is 4.74 Å². The number of hydrogen-bond donors (Lipinski definition) is 1. The highest BCUT2D eigenvalue weighted by Gasteiger charge is 2.39. The van der Waals surface area contributed by atoms with Crippen LogP contribution in [0.15, 0.2) is 27.6 Å². The molecule has 6 nitrogen and oxygen atoms in total. The molecular formula is C12H14BrNO5S2. The molecule has 1 unspecified atom stereocenters. The summed E-state index contributed by atoms with van der Waals surface area (Å²) in [6.45, 7) is 0.166. The number of hydrogen-bond acceptors (Lipinski definition) is 5. The van der Waals surface area contributed by atoms with E-state index in [1.54, 1.807) is 6.07 Å². The first kappa shape index (κ1) is 16.6. The highest BCUT2D eigenvalue weighted by Crippen LogP contribution is 2.32. The maximum atomic E-state index is 12.8. The van der Waals surface area contributed by atoms with E-state index >= 15 is 0 Å². The average molecular weight is 396 g/mol. The van der Waals surface area contributed by atoms with Crippen molar-refractivity contribution in [3.8, 4) is 5.75 Å². The minimum absolute atomic E-state index is 0.0301. The van der Waals surface area contributed by atoms with Gasteiger partial charge >= 0.3 is 5.97 Å². The molecule has 0 saturated carbocycles. The van der Waals surface area contributed by atoms with Crippen LogP contribution in [-0.4, -0.2) is 55.0 Å². The molecule has 1 heterocycles. The van der Waals surface area contributed by atoms with Gasteiger partial charge in [-0.1, -0.05) is 15.9 Å². The van der Waals surface area contributed by atoms with Gasteiger partial charge in [-0.2, -0.15) is 16.1 Å². The number of aliphatic carboxylic acids is 1. The van der Waals surface area contributed by atoms with Crippen molar-refractivity contribution in [2.45, 2.75) is 10.9 Å². The Bertz CT molecular complexity index is 649. The van der Waals surface area contributed by atoms with Crippen molar-refractivity contribution in [1.29, 1.82) is 0 Å². The van der Waals surface area contributed by atoms with Crippen LogP contribution in [0.25, 0.3) is 0 Å². The summed E-state index contributed by atoms with van der Waals surface area (Å²) in [7, 11) is -2.56. The van der Waals surface area contributed by atoms with Crippen molar-refractivity contribution in [3.63, 3.8) is 0 Å². The summed E-state index contributed by atoms with van der Waals surface area (Å²) in [5.41, 5.74) is 0. The van der Waals surface area contributed by atoms with Gasteiger partial charge in [0.05, 0.1) is 7.11 Å². The van der Waals surface area contributed by atoms with Gasteiger partial charge in [0.1, 0.15) is 16.7 Å². The second-order valence-corrected chi connectivity index (χ2v) is 8.26. The molecule has 0 radical (unpaired) electrons. The first-order chi connectivity index (χ1) is 9.87. The van der Waals surface area contributed by atoms with Crippen LogP contribution >= 0.6 is 27.7 Å². The summed E-state index contributed by atoms with van der Waals surface area (Å²) in [5.74, 6) is -0.134. The zero-order valence-corrected chi connectivity index (χ0v) is 14.4. The van der Waals surface area contributed by atoms with E-state index in [0.29, 0.717) is 10.2 Å². The molecule has 0 amide bonds. The second-order valence-electron chi connectivity index (χ2n) is 4.34. The van der Waals surface area contributed by atoms with Crippen molar-refractivity contribution >= 4 is 43.7 Å². The monoisotopic (exact) mass is 395 g/mol. The van der Waals surface area contributed by atoms with Gasteiger partial charge in [-0.05, 0) is 18.2 Å². The molecule has 2 rings (SSSR count). The molecule has 1 aliphatic heterocycles. The van der Waals surface area contributed by atoms with Gasteiger partial charge in [-0.3, -0.25) is 4.79 Å². The normalized spacial score (nSPS) is 20.2. The molecular weight excluding hydrogens is 382 g/mol.